The number of nitrogens with zero attached hydrogens (tertiary/aromatic N) is 2. The van der Waals surface area contributed by atoms with E-state index in [0.717, 1.165) is 38.0 Å². The molecule has 9 nitrogen and oxygen atoms in total. The Kier molecular flexibility index (Phi) is 9.13. The maximum atomic E-state index is 12.3. The van der Waals surface area contributed by atoms with Crippen molar-refractivity contribution in [2.24, 2.45) is 5.10 Å². The lowest BCUT2D eigenvalue weighted by Crippen LogP contribution is -2.18. The number of nitro groups is 1. The van der Waals surface area contributed by atoms with E-state index in [1.54, 1.807) is 18.2 Å². The summed E-state index contributed by atoms with van der Waals surface area (Å²) in [6.07, 6.45) is 5.53. The maximum Gasteiger partial charge on any atom is 0.312 e. The van der Waals surface area contributed by atoms with Crippen LogP contribution in [0, 0.1) is 10.1 Å². The van der Waals surface area contributed by atoms with Crippen molar-refractivity contribution in [1.29, 1.82) is 0 Å². The second-order valence-corrected chi connectivity index (χ2v) is 7.67. The van der Waals surface area contributed by atoms with Crippen LogP contribution in [-0.2, 0) is 4.79 Å². The minimum absolute atomic E-state index is 0.0606. The molecule has 0 fully saturated rings. The van der Waals surface area contributed by atoms with E-state index in [0.29, 0.717) is 16.6 Å². The van der Waals surface area contributed by atoms with E-state index in [2.05, 4.69) is 38.7 Å². The molecule has 0 aliphatic heterocycles. The highest BCUT2D eigenvalue weighted by Gasteiger charge is 2.17. The molecule has 0 atom stereocenters. The molecule has 0 unspecified atom stereocenters. The highest BCUT2D eigenvalue weighted by atomic mass is 79.9. The molecule has 0 saturated carbocycles. The van der Waals surface area contributed by atoms with Crippen molar-refractivity contribution in [2.75, 3.05) is 5.32 Å². The number of benzene rings is 2. The van der Waals surface area contributed by atoms with Crippen LogP contribution in [0.3, 0.4) is 0 Å². The van der Waals surface area contributed by atoms with Gasteiger partial charge in [0.1, 0.15) is 0 Å². The van der Waals surface area contributed by atoms with Crippen LogP contribution in [0.2, 0.25) is 0 Å². The standard InChI is InChI=1S/C21H23BrN4O5/c1-2-3-4-5-9-19(27)24-17-8-6-7-14(11-17)21(29)25-23-13-15-10-16(22)12-18(20(15)28)26(30)31/h6-8,10-13,28H,2-5,9H2,1H3,(H,24,27)(H,25,29). The van der Waals surface area contributed by atoms with Crippen molar-refractivity contribution in [3.05, 3.63) is 62.1 Å². The van der Waals surface area contributed by atoms with Crippen LogP contribution in [0.15, 0.2) is 46.0 Å². The molecule has 10 heteroatoms. The number of carbonyl (C=O) groups excluding carboxylic acids is 2. The number of anilines is 1. The van der Waals surface area contributed by atoms with Gasteiger partial charge in [-0.05, 0) is 30.7 Å². The zero-order valence-corrected chi connectivity index (χ0v) is 18.5. The Hall–Kier alpha value is -3.27. The zero-order valence-electron chi connectivity index (χ0n) is 16.9. The topological polar surface area (TPSA) is 134 Å². The summed E-state index contributed by atoms with van der Waals surface area (Å²) in [5.74, 6) is -1.22. The van der Waals surface area contributed by atoms with Gasteiger partial charge in [-0.1, -0.05) is 48.2 Å². The molecular weight excluding hydrogens is 468 g/mol. The van der Waals surface area contributed by atoms with Gasteiger partial charge in [0.25, 0.3) is 5.91 Å². The normalized spacial score (nSPS) is 10.8. The number of nitro benzene ring substituents is 1. The lowest BCUT2D eigenvalue weighted by Gasteiger charge is -2.07. The molecule has 0 spiro atoms. The van der Waals surface area contributed by atoms with E-state index in [9.17, 15) is 24.8 Å². The van der Waals surface area contributed by atoms with Gasteiger partial charge in [0.15, 0.2) is 0 Å². The molecule has 0 heterocycles. The van der Waals surface area contributed by atoms with Gasteiger partial charge in [0.05, 0.1) is 11.1 Å². The van der Waals surface area contributed by atoms with Crippen LogP contribution in [0.5, 0.6) is 5.75 Å². The molecule has 0 aliphatic carbocycles. The minimum Gasteiger partial charge on any atom is -0.502 e. The Morgan fingerprint density at radius 2 is 2.00 bits per heavy atom. The monoisotopic (exact) mass is 490 g/mol. The van der Waals surface area contributed by atoms with Gasteiger partial charge in [0, 0.05) is 33.8 Å². The van der Waals surface area contributed by atoms with Crippen LogP contribution in [0.1, 0.15) is 54.9 Å². The number of nitrogens with one attached hydrogen (secondary N) is 2. The number of hydrogen-bond acceptors (Lipinski definition) is 6. The van der Waals surface area contributed by atoms with Gasteiger partial charge in [-0.3, -0.25) is 19.7 Å². The summed E-state index contributed by atoms with van der Waals surface area (Å²) in [6.45, 7) is 2.10. The Morgan fingerprint density at radius 3 is 2.71 bits per heavy atom. The first-order valence-corrected chi connectivity index (χ1v) is 10.5. The average molecular weight is 491 g/mol. The van der Waals surface area contributed by atoms with Crippen LogP contribution >= 0.6 is 15.9 Å². The molecule has 0 saturated heterocycles. The predicted octanol–water partition coefficient (Wildman–Crippen LogP) is 4.74. The number of amides is 2. The summed E-state index contributed by atoms with van der Waals surface area (Å²) in [5.41, 5.74) is 2.63. The van der Waals surface area contributed by atoms with E-state index in [1.165, 1.54) is 12.1 Å². The first kappa shape index (κ1) is 24.0. The van der Waals surface area contributed by atoms with E-state index >= 15 is 0 Å². The highest BCUT2D eigenvalue weighted by Crippen LogP contribution is 2.32. The summed E-state index contributed by atoms with van der Waals surface area (Å²) >= 11 is 3.12. The van der Waals surface area contributed by atoms with E-state index < -0.39 is 22.3 Å². The van der Waals surface area contributed by atoms with Crippen molar-refractivity contribution in [1.82, 2.24) is 5.43 Å². The van der Waals surface area contributed by atoms with Gasteiger partial charge < -0.3 is 10.4 Å². The number of aromatic hydroxyl groups is 1. The highest BCUT2D eigenvalue weighted by molar-refractivity contribution is 9.10. The summed E-state index contributed by atoms with van der Waals surface area (Å²) < 4.78 is 0.378. The second kappa shape index (κ2) is 11.8. The quantitative estimate of drug-likeness (QED) is 0.191. The summed E-state index contributed by atoms with van der Waals surface area (Å²) in [4.78, 5) is 34.6. The lowest BCUT2D eigenvalue weighted by molar-refractivity contribution is -0.385. The maximum absolute atomic E-state index is 12.3. The number of carbonyl (C=O) groups is 2. The third kappa shape index (κ3) is 7.49. The number of hydrazone groups is 1. The SMILES string of the molecule is CCCCCCC(=O)Nc1cccc(C(=O)NN=Cc2cc(Br)cc([N+](=O)[O-])c2O)c1. The average Bonchev–Trinajstić information content (AvgIpc) is 2.73. The molecule has 2 aromatic carbocycles. The van der Waals surface area contributed by atoms with Crippen molar-refractivity contribution < 1.29 is 19.6 Å². The smallest absolute Gasteiger partial charge is 0.312 e. The van der Waals surface area contributed by atoms with Crippen LogP contribution in [-0.4, -0.2) is 28.1 Å². The predicted molar refractivity (Wildman–Crippen MR) is 121 cm³/mol. The van der Waals surface area contributed by atoms with Crippen LogP contribution in [0.25, 0.3) is 0 Å². The van der Waals surface area contributed by atoms with Gasteiger partial charge >= 0.3 is 5.69 Å². The third-order valence-electron chi connectivity index (χ3n) is 4.32. The molecule has 0 aromatic heterocycles. The van der Waals surface area contributed by atoms with Gasteiger partial charge in [-0.2, -0.15) is 5.10 Å². The van der Waals surface area contributed by atoms with E-state index in [1.807, 2.05) is 0 Å². The second-order valence-electron chi connectivity index (χ2n) is 6.76. The van der Waals surface area contributed by atoms with Crippen molar-refractivity contribution in [3.63, 3.8) is 0 Å². The van der Waals surface area contributed by atoms with Crippen LogP contribution in [0.4, 0.5) is 11.4 Å². The number of hydrogen-bond donors (Lipinski definition) is 3. The fourth-order valence-corrected chi connectivity index (χ4v) is 3.21. The van der Waals surface area contributed by atoms with E-state index in [4.69, 9.17) is 0 Å². The van der Waals surface area contributed by atoms with Crippen LogP contribution < -0.4 is 10.7 Å². The molecule has 2 aromatic rings. The third-order valence-corrected chi connectivity index (χ3v) is 4.77. The Balaban J connectivity index is 2.00. The molecule has 31 heavy (non-hydrogen) atoms. The van der Waals surface area contributed by atoms with Crippen molar-refractivity contribution >= 4 is 45.3 Å². The number of halogens is 1. The first-order chi connectivity index (χ1) is 14.8. The lowest BCUT2D eigenvalue weighted by atomic mass is 10.1. The van der Waals surface area contributed by atoms with Gasteiger partial charge in [0.2, 0.25) is 11.7 Å². The van der Waals surface area contributed by atoms with E-state index in [-0.39, 0.29) is 17.0 Å². The number of phenols is 1. The molecule has 2 amide bonds. The largest absolute Gasteiger partial charge is 0.502 e. The van der Waals surface area contributed by atoms with Crippen molar-refractivity contribution in [2.45, 2.75) is 39.0 Å². The molecule has 2 rings (SSSR count). The molecule has 0 aliphatic rings. The summed E-state index contributed by atoms with van der Waals surface area (Å²) in [7, 11) is 0. The number of rotatable bonds is 10. The van der Waals surface area contributed by atoms with Gasteiger partial charge in [-0.25, -0.2) is 5.43 Å². The van der Waals surface area contributed by atoms with Gasteiger partial charge in [-0.15, -0.1) is 0 Å². The number of phenolic OH excluding ortho intramolecular Hbond substituents is 1. The molecule has 164 valence electrons. The molecule has 3 N–H and O–H groups in total. The number of unbranched alkanes of at least 4 members (excludes halogenated alkanes) is 3. The molecular formula is C21H23BrN4O5. The minimum atomic E-state index is -0.723. The Labute approximate surface area is 187 Å². The summed E-state index contributed by atoms with van der Waals surface area (Å²) in [5, 5.41) is 27.5. The fourth-order valence-electron chi connectivity index (χ4n) is 2.74. The molecule has 0 radical (unpaired) electrons. The zero-order chi connectivity index (χ0) is 22.8. The Bertz CT molecular complexity index is 994. The molecule has 0 bridgehead atoms. The Morgan fingerprint density at radius 1 is 1.23 bits per heavy atom. The summed E-state index contributed by atoms with van der Waals surface area (Å²) in [6, 6.07) is 8.99. The van der Waals surface area contributed by atoms with Crippen molar-refractivity contribution in [3.8, 4) is 5.75 Å². The first-order valence-electron chi connectivity index (χ1n) is 9.72. The fraction of sp³-hybridized carbons (Fsp3) is 0.286.